The summed E-state index contributed by atoms with van der Waals surface area (Å²) in [5.74, 6) is -1.08. The summed E-state index contributed by atoms with van der Waals surface area (Å²) in [6.07, 6.45) is -0.282. The first-order valence-electron chi connectivity index (χ1n) is 5.31. The van der Waals surface area contributed by atoms with Gasteiger partial charge in [-0.25, -0.2) is 0 Å². The summed E-state index contributed by atoms with van der Waals surface area (Å²) in [5, 5.41) is 17.2. The number of rotatable bonds is 6. The Morgan fingerprint density at radius 1 is 1.53 bits per heavy atom. The first kappa shape index (κ1) is 14.9. The van der Waals surface area contributed by atoms with E-state index >= 15 is 0 Å². The van der Waals surface area contributed by atoms with Crippen LogP contribution in [0.3, 0.4) is 0 Å². The Morgan fingerprint density at radius 2 is 2.21 bits per heavy atom. The fourth-order valence-electron chi connectivity index (χ4n) is 1.25. The van der Waals surface area contributed by atoms with E-state index in [9.17, 15) is 13.2 Å². The fourth-order valence-corrected chi connectivity index (χ4v) is 2.16. The molecule has 0 bridgehead atoms. The van der Waals surface area contributed by atoms with Crippen LogP contribution in [-0.4, -0.2) is 37.4 Å². The molecule has 0 fully saturated rings. The minimum atomic E-state index is -3.82. The monoisotopic (exact) mass is 283 g/mol. The average Bonchev–Trinajstić information content (AvgIpc) is 2.35. The third-order valence-corrected chi connectivity index (χ3v) is 3.79. The molecule has 0 radical (unpaired) electrons. The summed E-state index contributed by atoms with van der Waals surface area (Å²) < 4.78 is 26.9. The van der Waals surface area contributed by atoms with E-state index in [1.165, 1.54) is 19.2 Å². The summed E-state index contributed by atoms with van der Waals surface area (Å²) in [4.78, 5) is 10.4. The highest BCUT2D eigenvalue weighted by Gasteiger charge is 2.18. The number of nitrogens with one attached hydrogen (secondary N) is 1. The highest BCUT2D eigenvalue weighted by atomic mass is 32.2. The van der Waals surface area contributed by atoms with Crippen molar-refractivity contribution in [3.8, 4) is 6.07 Å². The van der Waals surface area contributed by atoms with Crippen molar-refractivity contribution < 1.29 is 18.3 Å². The molecule has 0 saturated carbocycles. The second kappa shape index (κ2) is 6.17. The van der Waals surface area contributed by atoms with Gasteiger partial charge >= 0.3 is 16.2 Å². The van der Waals surface area contributed by atoms with E-state index in [4.69, 9.17) is 10.4 Å². The number of carboxylic acids is 1. The molecule has 1 rings (SSSR count). The second-order valence-corrected chi connectivity index (χ2v) is 5.54. The topological polar surface area (TPSA) is 110 Å². The molecular formula is C11H13N3O4S. The van der Waals surface area contributed by atoms with Crippen molar-refractivity contribution in [2.75, 3.05) is 18.3 Å². The van der Waals surface area contributed by atoms with Gasteiger partial charge < -0.3 is 5.11 Å². The van der Waals surface area contributed by atoms with Crippen LogP contribution < -0.4 is 4.72 Å². The van der Waals surface area contributed by atoms with Gasteiger partial charge in [-0.3, -0.25) is 9.52 Å². The molecule has 8 heteroatoms. The summed E-state index contributed by atoms with van der Waals surface area (Å²) >= 11 is 0. The van der Waals surface area contributed by atoms with Crippen LogP contribution >= 0.6 is 0 Å². The number of nitriles is 1. The van der Waals surface area contributed by atoms with Crippen LogP contribution in [0.2, 0.25) is 0 Å². The zero-order valence-electron chi connectivity index (χ0n) is 10.2. The van der Waals surface area contributed by atoms with Crippen LogP contribution in [0.15, 0.2) is 24.3 Å². The van der Waals surface area contributed by atoms with Gasteiger partial charge in [0.1, 0.15) is 0 Å². The molecule has 0 unspecified atom stereocenters. The van der Waals surface area contributed by atoms with E-state index in [0.717, 1.165) is 4.31 Å². The molecule has 0 spiro atoms. The smallest absolute Gasteiger partial charge is 0.304 e. The van der Waals surface area contributed by atoms with Crippen molar-refractivity contribution in [3.05, 3.63) is 29.8 Å². The van der Waals surface area contributed by atoms with Gasteiger partial charge in [-0.2, -0.15) is 18.0 Å². The number of carboxylic acid groups (broad SMARTS) is 1. The number of hydrogen-bond acceptors (Lipinski definition) is 4. The first-order chi connectivity index (χ1) is 8.85. The van der Waals surface area contributed by atoms with Gasteiger partial charge in [-0.1, -0.05) is 6.07 Å². The molecular weight excluding hydrogens is 270 g/mol. The normalized spacial score (nSPS) is 11.0. The van der Waals surface area contributed by atoms with Crippen LogP contribution in [0.25, 0.3) is 0 Å². The van der Waals surface area contributed by atoms with Gasteiger partial charge in [0.25, 0.3) is 0 Å². The zero-order valence-corrected chi connectivity index (χ0v) is 11.0. The average molecular weight is 283 g/mol. The SMILES string of the molecule is CN(CCC(=O)O)S(=O)(=O)Nc1cccc(C#N)c1. The highest BCUT2D eigenvalue weighted by molar-refractivity contribution is 7.90. The fraction of sp³-hybridized carbons (Fsp3) is 0.273. The minimum Gasteiger partial charge on any atom is -0.481 e. The number of anilines is 1. The molecule has 1 aromatic carbocycles. The van der Waals surface area contributed by atoms with Crippen molar-refractivity contribution in [1.29, 1.82) is 5.26 Å². The Hall–Kier alpha value is -2.11. The van der Waals surface area contributed by atoms with Crippen molar-refractivity contribution >= 4 is 21.9 Å². The molecule has 0 atom stereocenters. The van der Waals surface area contributed by atoms with Crippen LogP contribution in [0, 0.1) is 11.3 Å². The van der Waals surface area contributed by atoms with Crippen molar-refractivity contribution in [2.45, 2.75) is 6.42 Å². The Morgan fingerprint density at radius 3 is 2.79 bits per heavy atom. The molecule has 0 saturated heterocycles. The third-order valence-electron chi connectivity index (χ3n) is 2.29. The van der Waals surface area contributed by atoms with Gasteiger partial charge in [-0.15, -0.1) is 0 Å². The lowest BCUT2D eigenvalue weighted by Crippen LogP contribution is -2.34. The number of hydrogen-bond donors (Lipinski definition) is 2. The largest absolute Gasteiger partial charge is 0.481 e. The van der Waals surface area contributed by atoms with Gasteiger partial charge in [0, 0.05) is 13.6 Å². The Kier molecular flexibility index (Phi) is 4.86. The molecule has 1 aromatic rings. The lowest BCUT2D eigenvalue weighted by Gasteiger charge is -2.17. The second-order valence-electron chi connectivity index (χ2n) is 3.76. The van der Waals surface area contributed by atoms with E-state index in [2.05, 4.69) is 4.72 Å². The quantitative estimate of drug-likeness (QED) is 0.795. The van der Waals surface area contributed by atoms with Crippen LogP contribution in [0.5, 0.6) is 0 Å². The molecule has 0 amide bonds. The van der Waals surface area contributed by atoms with Gasteiger partial charge in [0.2, 0.25) is 0 Å². The molecule has 19 heavy (non-hydrogen) atoms. The minimum absolute atomic E-state index is 0.136. The van der Waals surface area contributed by atoms with Gasteiger partial charge in [0.15, 0.2) is 0 Å². The predicted molar refractivity (Wildman–Crippen MR) is 68.6 cm³/mol. The van der Waals surface area contributed by atoms with Crippen molar-refractivity contribution in [3.63, 3.8) is 0 Å². The number of aliphatic carboxylic acids is 1. The maximum absolute atomic E-state index is 11.9. The number of nitrogens with zero attached hydrogens (tertiary/aromatic N) is 2. The third kappa shape index (κ3) is 4.57. The molecule has 0 aliphatic heterocycles. The molecule has 0 aromatic heterocycles. The molecule has 7 nitrogen and oxygen atoms in total. The predicted octanol–water partition coefficient (Wildman–Crippen LogP) is 0.621. The van der Waals surface area contributed by atoms with Crippen molar-refractivity contribution in [1.82, 2.24) is 4.31 Å². The maximum atomic E-state index is 11.9. The van der Waals surface area contributed by atoms with Gasteiger partial charge in [-0.05, 0) is 18.2 Å². The van der Waals surface area contributed by atoms with Crippen molar-refractivity contribution in [2.24, 2.45) is 0 Å². The maximum Gasteiger partial charge on any atom is 0.304 e. The Balaban J connectivity index is 2.78. The van der Waals surface area contributed by atoms with Gasteiger partial charge in [0.05, 0.1) is 23.7 Å². The van der Waals surface area contributed by atoms with E-state index < -0.39 is 16.2 Å². The van der Waals surface area contributed by atoms with Crippen LogP contribution in [-0.2, 0) is 15.0 Å². The number of carbonyl (C=O) groups is 1. The van der Waals surface area contributed by atoms with Crippen LogP contribution in [0.4, 0.5) is 5.69 Å². The summed E-state index contributed by atoms with van der Waals surface area (Å²) in [5.41, 5.74) is 0.578. The molecule has 102 valence electrons. The summed E-state index contributed by atoms with van der Waals surface area (Å²) in [6.45, 7) is -0.136. The molecule has 0 aliphatic carbocycles. The molecule has 0 heterocycles. The zero-order chi connectivity index (χ0) is 14.5. The lowest BCUT2D eigenvalue weighted by atomic mass is 10.2. The first-order valence-corrected chi connectivity index (χ1v) is 6.75. The number of benzene rings is 1. The standard InChI is InChI=1S/C11H13N3O4S/c1-14(6-5-11(15)16)19(17,18)13-10-4-2-3-9(7-10)8-12/h2-4,7,13H,5-6H2,1H3,(H,15,16). The Bertz CT molecular complexity index is 607. The summed E-state index contributed by atoms with van der Waals surface area (Å²) in [7, 11) is -2.55. The van der Waals surface area contributed by atoms with E-state index in [1.54, 1.807) is 12.1 Å². The molecule has 2 N–H and O–H groups in total. The van der Waals surface area contributed by atoms with E-state index in [1.807, 2.05) is 6.07 Å². The highest BCUT2D eigenvalue weighted by Crippen LogP contribution is 2.13. The summed E-state index contributed by atoms with van der Waals surface area (Å²) in [6, 6.07) is 7.89. The Labute approximate surface area is 111 Å². The van der Waals surface area contributed by atoms with Crippen LogP contribution in [0.1, 0.15) is 12.0 Å². The van der Waals surface area contributed by atoms with E-state index in [0.29, 0.717) is 5.56 Å². The van der Waals surface area contributed by atoms with E-state index in [-0.39, 0.29) is 18.7 Å². The lowest BCUT2D eigenvalue weighted by molar-refractivity contribution is -0.137. The molecule has 0 aliphatic rings.